The first-order chi connectivity index (χ1) is 8.92. The predicted octanol–water partition coefficient (Wildman–Crippen LogP) is 2.55. The fourth-order valence-corrected chi connectivity index (χ4v) is 1.79. The van der Waals surface area contributed by atoms with Gasteiger partial charge in [0.25, 0.3) is 0 Å². The van der Waals surface area contributed by atoms with Crippen LogP contribution in [0.5, 0.6) is 0 Å². The second-order valence-electron chi connectivity index (χ2n) is 5.75. The minimum absolute atomic E-state index is 0. The summed E-state index contributed by atoms with van der Waals surface area (Å²) in [6.07, 6.45) is 6.13. The number of halogens is 1. The second kappa shape index (κ2) is 9.20. The summed E-state index contributed by atoms with van der Waals surface area (Å²) in [6.45, 7) is 10.4. The number of hydrogen-bond acceptors (Lipinski definition) is 2. The van der Waals surface area contributed by atoms with Gasteiger partial charge >= 0.3 is 0 Å². The fourth-order valence-electron chi connectivity index (χ4n) is 1.79. The van der Waals surface area contributed by atoms with Gasteiger partial charge in [0.15, 0.2) is 5.96 Å². The molecule has 2 N–H and O–H groups in total. The molecule has 0 aromatic carbocycles. The van der Waals surface area contributed by atoms with E-state index in [2.05, 4.69) is 45.9 Å². The van der Waals surface area contributed by atoms with E-state index in [1.165, 1.54) is 0 Å². The normalized spacial score (nSPS) is 11.9. The zero-order chi connectivity index (χ0) is 14.3. The Kier molecular flexibility index (Phi) is 8.84. The summed E-state index contributed by atoms with van der Waals surface area (Å²) >= 11 is 0. The molecule has 0 bridgehead atoms. The Hall–Kier alpha value is -0.790. The lowest BCUT2D eigenvalue weighted by atomic mass is 10.1. The minimum Gasteiger partial charge on any atom is -0.356 e. The van der Waals surface area contributed by atoms with Crippen LogP contribution in [0.2, 0.25) is 0 Å². The monoisotopic (exact) mass is 393 g/mol. The molecular weight excluding hydrogens is 365 g/mol. The van der Waals surface area contributed by atoms with Crippen molar-refractivity contribution in [3.63, 3.8) is 0 Å². The number of nitrogens with zero attached hydrogens (tertiary/aromatic N) is 3. The number of hydrogen-bond donors (Lipinski definition) is 2. The number of nitrogens with one attached hydrogen (secondary N) is 2. The molecule has 0 fully saturated rings. The molecule has 0 spiro atoms. The summed E-state index contributed by atoms with van der Waals surface area (Å²) < 4.78 is 2.18. The first kappa shape index (κ1) is 19.2. The average molecular weight is 393 g/mol. The van der Waals surface area contributed by atoms with Crippen molar-refractivity contribution in [3.8, 4) is 0 Å². The Morgan fingerprint density at radius 3 is 2.55 bits per heavy atom. The first-order valence-corrected chi connectivity index (χ1v) is 6.89. The first-order valence-electron chi connectivity index (χ1n) is 6.89. The largest absolute Gasteiger partial charge is 0.356 e. The zero-order valence-electron chi connectivity index (χ0n) is 13.2. The van der Waals surface area contributed by atoms with Crippen LogP contribution >= 0.6 is 24.0 Å². The molecule has 0 radical (unpaired) electrons. The van der Waals surface area contributed by atoms with Crippen LogP contribution in [-0.4, -0.2) is 34.6 Å². The summed E-state index contributed by atoms with van der Waals surface area (Å²) in [6, 6.07) is 0. The molecule has 0 unspecified atom stereocenters. The van der Waals surface area contributed by atoms with E-state index in [9.17, 15) is 0 Å². The molecule has 1 rings (SSSR count). The van der Waals surface area contributed by atoms with Gasteiger partial charge in [0, 0.05) is 38.1 Å². The third-order valence-electron chi connectivity index (χ3n) is 2.76. The number of aryl methyl sites for hydroxylation is 2. The molecule has 0 saturated heterocycles. The summed E-state index contributed by atoms with van der Waals surface area (Å²) in [5.41, 5.74) is 0.0375. The highest BCUT2D eigenvalue weighted by molar-refractivity contribution is 14.0. The minimum atomic E-state index is 0. The number of rotatable bonds is 5. The maximum atomic E-state index is 4.22. The van der Waals surface area contributed by atoms with E-state index >= 15 is 0 Å². The van der Waals surface area contributed by atoms with Gasteiger partial charge in [0.1, 0.15) is 5.82 Å². The van der Waals surface area contributed by atoms with E-state index in [1.807, 2.05) is 19.3 Å². The third kappa shape index (κ3) is 7.72. The Morgan fingerprint density at radius 1 is 1.35 bits per heavy atom. The van der Waals surface area contributed by atoms with Crippen LogP contribution in [0.3, 0.4) is 0 Å². The van der Waals surface area contributed by atoms with E-state index in [1.54, 1.807) is 7.05 Å². The lowest BCUT2D eigenvalue weighted by molar-refractivity contribution is 0.499. The van der Waals surface area contributed by atoms with Crippen LogP contribution in [0.1, 0.15) is 39.4 Å². The molecule has 1 heterocycles. The van der Waals surface area contributed by atoms with Crippen LogP contribution in [0.4, 0.5) is 0 Å². The summed E-state index contributed by atoms with van der Waals surface area (Å²) in [7, 11) is 1.80. The van der Waals surface area contributed by atoms with Crippen LogP contribution in [0.15, 0.2) is 17.4 Å². The van der Waals surface area contributed by atoms with Crippen molar-refractivity contribution >= 4 is 29.9 Å². The Bertz CT molecular complexity index is 406. The fraction of sp³-hybridized carbons (Fsp3) is 0.714. The number of guanidine groups is 1. The Balaban J connectivity index is 0.00000361. The second-order valence-corrected chi connectivity index (χ2v) is 5.75. The van der Waals surface area contributed by atoms with Gasteiger partial charge in [-0.05, 0) is 40.5 Å². The zero-order valence-corrected chi connectivity index (χ0v) is 15.6. The molecule has 0 amide bonds. The molecule has 0 aliphatic carbocycles. The van der Waals surface area contributed by atoms with Gasteiger partial charge in [-0.3, -0.25) is 4.99 Å². The van der Waals surface area contributed by atoms with Crippen LogP contribution in [0, 0.1) is 6.92 Å². The van der Waals surface area contributed by atoms with Crippen LogP contribution in [0.25, 0.3) is 0 Å². The van der Waals surface area contributed by atoms with Crippen molar-refractivity contribution in [2.24, 2.45) is 4.99 Å². The Labute approximate surface area is 139 Å². The maximum Gasteiger partial charge on any atom is 0.191 e. The van der Waals surface area contributed by atoms with Gasteiger partial charge in [-0.2, -0.15) is 0 Å². The molecule has 0 saturated carbocycles. The van der Waals surface area contributed by atoms with E-state index < -0.39 is 0 Å². The Morgan fingerprint density at radius 2 is 2.05 bits per heavy atom. The molecule has 5 nitrogen and oxygen atoms in total. The molecule has 0 atom stereocenters. The molecule has 20 heavy (non-hydrogen) atoms. The predicted molar refractivity (Wildman–Crippen MR) is 95.9 cm³/mol. The molecule has 1 aromatic rings. The number of imidazole rings is 1. The quantitative estimate of drug-likeness (QED) is 0.350. The third-order valence-corrected chi connectivity index (χ3v) is 2.76. The van der Waals surface area contributed by atoms with Gasteiger partial charge in [-0.25, -0.2) is 4.98 Å². The van der Waals surface area contributed by atoms with Crippen molar-refractivity contribution < 1.29 is 0 Å². The van der Waals surface area contributed by atoms with Gasteiger partial charge in [-0.15, -0.1) is 24.0 Å². The van der Waals surface area contributed by atoms with E-state index in [0.29, 0.717) is 0 Å². The lowest BCUT2D eigenvalue weighted by Gasteiger charge is -2.23. The maximum absolute atomic E-state index is 4.22. The number of unbranched alkanes of at least 4 members (excludes halogenated alkanes) is 1. The molecule has 0 aliphatic heterocycles. The van der Waals surface area contributed by atoms with Crippen molar-refractivity contribution in [1.29, 1.82) is 0 Å². The van der Waals surface area contributed by atoms with Gasteiger partial charge in [-0.1, -0.05) is 0 Å². The van der Waals surface area contributed by atoms with E-state index in [4.69, 9.17) is 0 Å². The standard InChI is InChI=1S/C14H27N5.HI/c1-12-16-9-11-19(12)10-7-6-8-17-13(15-5)18-14(2,3)4;/h9,11H,6-8,10H2,1-5H3,(H2,15,17,18);1H. The van der Waals surface area contributed by atoms with Crippen molar-refractivity contribution in [2.45, 2.75) is 52.6 Å². The summed E-state index contributed by atoms with van der Waals surface area (Å²) in [4.78, 5) is 8.43. The molecule has 0 aliphatic rings. The van der Waals surface area contributed by atoms with Crippen LogP contribution in [-0.2, 0) is 6.54 Å². The highest BCUT2D eigenvalue weighted by atomic mass is 127. The van der Waals surface area contributed by atoms with Crippen molar-refractivity contribution in [2.75, 3.05) is 13.6 Å². The SMILES string of the molecule is CN=C(NCCCCn1ccnc1C)NC(C)(C)C.I. The lowest BCUT2D eigenvalue weighted by Crippen LogP contribution is -2.47. The highest BCUT2D eigenvalue weighted by Crippen LogP contribution is 2.00. The van der Waals surface area contributed by atoms with Crippen LogP contribution < -0.4 is 10.6 Å². The topological polar surface area (TPSA) is 54.2 Å². The summed E-state index contributed by atoms with van der Waals surface area (Å²) in [5, 5.41) is 6.68. The molecule has 116 valence electrons. The van der Waals surface area contributed by atoms with Gasteiger partial charge in [0.05, 0.1) is 0 Å². The number of aromatic nitrogens is 2. The van der Waals surface area contributed by atoms with Gasteiger partial charge < -0.3 is 15.2 Å². The van der Waals surface area contributed by atoms with Gasteiger partial charge in [0.2, 0.25) is 0 Å². The van der Waals surface area contributed by atoms with E-state index in [0.717, 1.165) is 37.7 Å². The molecular formula is C14H28IN5. The summed E-state index contributed by atoms with van der Waals surface area (Å²) in [5.74, 6) is 1.95. The molecule has 1 aromatic heterocycles. The number of aliphatic imine (C=N–C) groups is 1. The van der Waals surface area contributed by atoms with Crippen molar-refractivity contribution in [1.82, 2.24) is 20.2 Å². The highest BCUT2D eigenvalue weighted by Gasteiger charge is 2.10. The van der Waals surface area contributed by atoms with E-state index in [-0.39, 0.29) is 29.5 Å². The average Bonchev–Trinajstić information content (AvgIpc) is 2.71. The molecule has 6 heteroatoms. The smallest absolute Gasteiger partial charge is 0.191 e. The van der Waals surface area contributed by atoms with Crippen molar-refractivity contribution in [3.05, 3.63) is 18.2 Å².